The Kier molecular flexibility index (Phi) is 3.67. The van der Waals surface area contributed by atoms with E-state index in [-0.39, 0.29) is 9.35 Å². The van der Waals surface area contributed by atoms with Crippen LogP contribution in [0.2, 0.25) is 0 Å². The lowest BCUT2D eigenvalue weighted by Crippen LogP contribution is -2.40. The van der Waals surface area contributed by atoms with Crippen LogP contribution in [-0.2, 0) is 0 Å². The minimum atomic E-state index is -5.65. The summed E-state index contributed by atoms with van der Waals surface area (Å²) in [7, 11) is 0. The molecule has 1 aromatic rings. The highest BCUT2D eigenvalue weighted by atomic mass is 79.9. The summed E-state index contributed by atoms with van der Waals surface area (Å²) in [6, 6.07) is 1.36. The van der Waals surface area contributed by atoms with Crippen molar-refractivity contribution in [1.29, 1.82) is 0 Å². The smallest absolute Gasteiger partial charge is 0.194 e. The van der Waals surface area contributed by atoms with E-state index in [9.17, 15) is 22.0 Å². The van der Waals surface area contributed by atoms with Crippen molar-refractivity contribution >= 4 is 38.9 Å². The highest BCUT2D eigenvalue weighted by Gasteiger charge is 2.63. The molecule has 0 radical (unpaired) electrons. The number of hydrogen-bond donors (Lipinski definition) is 0. The van der Waals surface area contributed by atoms with Gasteiger partial charge in [-0.05, 0) is 27.4 Å². The molecular formula is C7H3BrClF5S. The van der Waals surface area contributed by atoms with Crippen molar-refractivity contribution in [3.05, 3.63) is 20.8 Å². The predicted molar refractivity (Wildman–Crippen MR) is 51.6 cm³/mol. The summed E-state index contributed by atoms with van der Waals surface area (Å²) >= 11 is 8.73. The molecule has 0 N–H and O–H groups in total. The molecule has 1 rings (SSSR count). The average molecular weight is 330 g/mol. The number of halogens is 7. The van der Waals surface area contributed by atoms with Gasteiger partial charge in [0.1, 0.15) is 5.38 Å². The second kappa shape index (κ2) is 4.18. The van der Waals surface area contributed by atoms with Crippen LogP contribution >= 0.6 is 38.9 Å². The van der Waals surface area contributed by atoms with Gasteiger partial charge in [0.25, 0.3) is 0 Å². The second-order valence-electron chi connectivity index (χ2n) is 2.62. The standard InChI is InChI=1S/C7H3BrClF5S/c8-3-1-2-15-4(3)5(9)6(10,11)7(12,13)14/h1-2,5H. The molecule has 0 saturated carbocycles. The zero-order valence-electron chi connectivity index (χ0n) is 6.79. The first-order chi connectivity index (χ1) is 6.68. The van der Waals surface area contributed by atoms with Gasteiger partial charge >= 0.3 is 12.1 Å². The van der Waals surface area contributed by atoms with Crippen LogP contribution in [0.4, 0.5) is 22.0 Å². The van der Waals surface area contributed by atoms with Crippen molar-refractivity contribution in [2.24, 2.45) is 0 Å². The number of thiophene rings is 1. The number of alkyl halides is 6. The van der Waals surface area contributed by atoms with Crippen molar-refractivity contribution in [2.75, 3.05) is 0 Å². The van der Waals surface area contributed by atoms with E-state index in [2.05, 4.69) is 15.9 Å². The first-order valence-corrected chi connectivity index (χ1v) is 5.60. The molecule has 0 aromatic carbocycles. The van der Waals surface area contributed by atoms with E-state index >= 15 is 0 Å². The van der Waals surface area contributed by atoms with Gasteiger partial charge in [-0.3, -0.25) is 0 Å². The second-order valence-corrected chi connectivity index (χ2v) is 4.85. The van der Waals surface area contributed by atoms with Gasteiger partial charge in [-0.1, -0.05) is 0 Å². The Hall–Kier alpha value is 0.120. The van der Waals surface area contributed by atoms with E-state index in [1.165, 1.54) is 11.4 Å². The average Bonchev–Trinajstić information content (AvgIpc) is 2.48. The summed E-state index contributed by atoms with van der Waals surface area (Å²) in [4.78, 5) is -0.237. The van der Waals surface area contributed by atoms with Gasteiger partial charge in [0, 0.05) is 9.35 Å². The predicted octanol–water partition coefficient (Wildman–Crippen LogP) is 4.99. The first kappa shape index (κ1) is 13.2. The Morgan fingerprint density at radius 3 is 2.13 bits per heavy atom. The van der Waals surface area contributed by atoms with Gasteiger partial charge < -0.3 is 0 Å². The van der Waals surface area contributed by atoms with Crippen LogP contribution in [0, 0.1) is 0 Å². The Balaban J connectivity index is 3.05. The van der Waals surface area contributed by atoms with Crippen LogP contribution in [0.5, 0.6) is 0 Å². The molecule has 1 atom stereocenters. The summed E-state index contributed by atoms with van der Waals surface area (Å²) in [5.41, 5.74) is 0. The summed E-state index contributed by atoms with van der Waals surface area (Å²) in [5.74, 6) is -4.94. The maximum Gasteiger partial charge on any atom is 0.455 e. The Morgan fingerprint density at radius 2 is 1.80 bits per heavy atom. The van der Waals surface area contributed by atoms with Crippen molar-refractivity contribution in [3.8, 4) is 0 Å². The molecule has 1 heterocycles. The van der Waals surface area contributed by atoms with E-state index in [1.807, 2.05) is 0 Å². The lowest BCUT2D eigenvalue weighted by molar-refractivity contribution is -0.283. The molecule has 1 aromatic heterocycles. The van der Waals surface area contributed by atoms with E-state index < -0.39 is 17.5 Å². The van der Waals surface area contributed by atoms with Gasteiger partial charge in [0.2, 0.25) is 0 Å². The molecule has 8 heteroatoms. The first-order valence-electron chi connectivity index (χ1n) is 3.49. The largest absolute Gasteiger partial charge is 0.455 e. The zero-order valence-corrected chi connectivity index (χ0v) is 9.94. The molecule has 86 valence electrons. The summed E-state index contributed by atoms with van der Waals surface area (Å²) in [5, 5.41) is -1.03. The van der Waals surface area contributed by atoms with E-state index in [4.69, 9.17) is 11.6 Å². The van der Waals surface area contributed by atoms with Gasteiger partial charge in [0.05, 0.1) is 0 Å². The molecule has 0 aliphatic rings. The zero-order chi connectivity index (χ0) is 11.9. The number of hydrogen-bond acceptors (Lipinski definition) is 1. The van der Waals surface area contributed by atoms with E-state index in [1.54, 1.807) is 0 Å². The normalized spacial score (nSPS) is 15.4. The maximum atomic E-state index is 12.8. The highest BCUT2D eigenvalue weighted by Crippen LogP contribution is 2.50. The van der Waals surface area contributed by atoms with Gasteiger partial charge in [0.15, 0.2) is 0 Å². The number of rotatable bonds is 2. The monoisotopic (exact) mass is 328 g/mol. The lowest BCUT2D eigenvalue weighted by Gasteiger charge is -2.23. The quantitative estimate of drug-likeness (QED) is 0.530. The Bertz CT molecular complexity index is 347. The SMILES string of the molecule is FC(F)(F)C(F)(F)C(Cl)c1sccc1Br. The lowest BCUT2D eigenvalue weighted by atomic mass is 10.2. The van der Waals surface area contributed by atoms with Gasteiger partial charge in [-0.2, -0.15) is 22.0 Å². The van der Waals surface area contributed by atoms with Crippen LogP contribution in [0.15, 0.2) is 15.9 Å². The molecule has 0 bridgehead atoms. The van der Waals surface area contributed by atoms with Gasteiger partial charge in [-0.15, -0.1) is 22.9 Å². The molecule has 0 aliphatic carbocycles. The fourth-order valence-corrected chi connectivity index (χ4v) is 2.94. The molecule has 0 spiro atoms. The summed E-state index contributed by atoms with van der Waals surface area (Å²) in [6.45, 7) is 0. The van der Waals surface area contributed by atoms with Crippen molar-refractivity contribution in [1.82, 2.24) is 0 Å². The molecule has 0 nitrogen and oxygen atoms in total. The van der Waals surface area contributed by atoms with Crippen molar-refractivity contribution in [2.45, 2.75) is 17.5 Å². The van der Waals surface area contributed by atoms with Crippen LogP contribution in [0.25, 0.3) is 0 Å². The summed E-state index contributed by atoms with van der Waals surface area (Å²) < 4.78 is 61.6. The maximum absolute atomic E-state index is 12.8. The van der Waals surface area contributed by atoms with Crippen molar-refractivity contribution < 1.29 is 22.0 Å². The molecule has 0 saturated heterocycles. The summed E-state index contributed by atoms with van der Waals surface area (Å²) in [6.07, 6.45) is -5.65. The topological polar surface area (TPSA) is 0 Å². The molecule has 0 aliphatic heterocycles. The van der Waals surface area contributed by atoms with Crippen LogP contribution in [-0.4, -0.2) is 12.1 Å². The minimum Gasteiger partial charge on any atom is -0.194 e. The molecular weight excluding hydrogens is 326 g/mol. The Morgan fingerprint density at radius 1 is 1.27 bits per heavy atom. The third-order valence-electron chi connectivity index (χ3n) is 1.57. The van der Waals surface area contributed by atoms with Crippen LogP contribution in [0.3, 0.4) is 0 Å². The third-order valence-corrected chi connectivity index (χ3v) is 4.13. The van der Waals surface area contributed by atoms with Crippen LogP contribution in [0.1, 0.15) is 10.3 Å². The van der Waals surface area contributed by atoms with E-state index in [0.29, 0.717) is 0 Å². The molecule has 1 unspecified atom stereocenters. The Labute approximate surface area is 99.2 Å². The minimum absolute atomic E-state index is 0.149. The molecule has 0 amide bonds. The fourth-order valence-electron chi connectivity index (χ4n) is 0.795. The van der Waals surface area contributed by atoms with Gasteiger partial charge in [-0.25, -0.2) is 0 Å². The third kappa shape index (κ3) is 2.45. The van der Waals surface area contributed by atoms with Crippen LogP contribution < -0.4 is 0 Å². The highest BCUT2D eigenvalue weighted by molar-refractivity contribution is 9.10. The molecule has 0 fully saturated rings. The fraction of sp³-hybridized carbons (Fsp3) is 0.429. The molecule has 15 heavy (non-hydrogen) atoms. The van der Waals surface area contributed by atoms with Crippen molar-refractivity contribution in [3.63, 3.8) is 0 Å². The van der Waals surface area contributed by atoms with E-state index in [0.717, 1.165) is 11.3 Å².